The van der Waals surface area contributed by atoms with Crippen molar-refractivity contribution < 1.29 is 0 Å². The smallest absolute Gasteiger partial charge is 0.0387 e. The maximum Gasteiger partial charge on any atom is 0.0387 e. The van der Waals surface area contributed by atoms with Crippen molar-refractivity contribution in [3.8, 4) is 0 Å². The van der Waals surface area contributed by atoms with Crippen LogP contribution in [0.25, 0.3) is 0 Å². The van der Waals surface area contributed by atoms with Gasteiger partial charge in [-0.3, -0.25) is 0 Å². The third kappa shape index (κ3) is 4.12. The van der Waals surface area contributed by atoms with Gasteiger partial charge in [-0.15, -0.1) is 0 Å². The van der Waals surface area contributed by atoms with E-state index in [4.69, 9.17) is 0 Å². The summed E-state index contributed by atoms with van der Waals surface area (Å²) in [6.45, 7) is 0. The number of hydrogen-bond acceptors (Lipinski definition) is 1. The van der Waals surface area contributed by atoms with Crippen molar-refractivity contribution in [2.75, 3.05) is 20.3 Å². The van der Waals surface area contributed by atoms with E-state index in [1.807, 2.05) is 0 Å². The van der Waals surface area contributed by atoms with Crippen LogP contribution < -0.4 is 10.6 Å². The van der Waals surface area contributed by atoms with E-state index < -0.39 is 0 Å². The SMILES string of the molecule is CN(C)[C@H](CP(c1ccccc1)c1ccccc1)c1ccccc1. The molecule has 0 fully saturated rings. The van der Waals surface area contributed by atoms with Gasteiger partial charge in [0, 0.05) is 6.04 Å². The molecule has 1 nitrogen and oxygen atoms in total. The summed E-state index contributed by atoms with van der Waals surface area (Å²) in [7, 11) is 3.98. The van der Waals surface area contributed by atoms with Crippen molar-refractivity contribution in [2.45, 2.75) is 6.04 Å². The van der Waals surface area contributed by atoms with E-state index in [2.05, 4.69) is 110 Å². The molecule has 0 aliphatic heterocycles. The van der Waals surface area contributed by atoms with Crippen LogP contribution in [0.4, 0.5) is 0 Å². The Morgan fingerprint density at radius 3 is 1.50 bits per heavy atom. The molecular formula is C22H24NP. The molecule has 0 aromatic heterocycles. The Balaban J connectivity index is 1.96. The van der Waals surface area contributed by atoms with Crippen molar-refractivity contribution in [3.63, 3.8) is 0 Å². The topological polar surface area (TPSA) is 3.24 Å². The van der Waals surface area contributed by atoms with Gasteiger partial charge >= 0.3 is 0 Å². The first-order valence-corrected chi connectivity index (χ1v) is 9.87. The molecule has 0 saturated carbocycles. The van der Waals surface area contributed by atoms with Crippen molar-refractivity contribution in [1.29, 1.82) is 0 Å². The lowest BCUT2D eigenvalue weighted by atomic mass is 10.1. The molecule has 0 saturated heterocycles. The van der Waals surface area contributed by atoms with Crippen LogP contribution in [0.15, 0.2) is 91.0 Å². The van der Waals surface area contributed by atoms with Gasteiger partial charge in [-0.05, 0) is 44.4 Å². The zero-order chi connectivity index (χ0) is 16.8. The molecular weight excluding hydrogens is 309 g/mol. The Hall–Kier alpha value is -1.95. The van der Waals surface area contributed by atoms with E-state index in [0.717, 1.165) is 6.16 Å². The van der Waals surface area contributed by atoms with Crippen LogP contribution in [0.1, 0.15) is 11.6 Å². The van der Waals surface area contributed by atoms with E-state index in [-0.39, 0.29) is 7.92 Å². The Morgan fingerprint density at radius 2 is 1.08 bits per heavy atom. The maximum absolute atomic E-state index is 2.34. The van der Waals surface area contributed by atoms with Gasteiger partial charge < -0.3 is 4.90 Å². The van der Waals surface area contributed by atoms with Crippen molar-refractivity contribution >= 4 is 18.5 Å². The molecule has 3 aromatic rings. The fourth-order valence-corrected chi connectivity index (χ4v) is 5.66. The standard InChI is InChI=1S/C22H24NP/c1-23(2)22(19-12-6-3-7-13-19)18-24(20-14-8-4-9-15-20)21-16-10-5-11-17-21/h3-17,22H,18H2,1-2H3/t22-/m1/s1. The van der Waals surface area contributed by atoms with Gasteiger partial charge in [0.1, 0.15) is 0 Å². The summed E-state index contributed by atoms with van der Waals surface area (Å²) in [5.74, 6) is 0. The van der Waals surface area contributed by atoms with E-state index >= 15 is 0 Å². The highest BCUT2D eigenvalue weighted by atomic mass is 31.1. The van der Waals surface area contributed by atoms with Crippen molar-refractivity contribution in [1.82, 2.24) is 4.90 Å². The van der Waals surface area contributed by atoms with Crippen LogP contribution in [-0.4, -0.2) is 25.2 Å². The minimum Gasteiger partial charge on any atom is -0.302 e. The molecule has 24 heavy (non-hydrogen) atoms. The first kappa shape index (κ1) is 16.9. The minimum absolute atomic E-state index is 0.388. The maximum atomic E-state index is 2.34. The quantitative estimate of drug-likeness (QED) is 0.604. The third-order valence-electron chi connectivity index (χ3n) is 4.30. The summed E-state index contributed by atoms with van der Waals surface area (Å²) in [6, 6.07) is 33.2. The Kier molecular flexibility index (Phi) is 5.80. The molecule has 0 heterocycles. The second-order valence-electron chi connectivity index (χ2n) is 6.17. The molecule has 0 amide bonds. The molecule has 3 aromatic carbocycles. The summed E-state index contributed by atoms with van der Waals surface area (Å²) >= 11 is 0. The highest BCUT2D eigenvalue weighted by molar-refractivity contribution is 7.73. The van der Waals surface area contributed by atoms with E-state index in [1.165, 1.54) is 16.2 Å². The van der Waals surface area contributed by atoms with E-state index in [9.17, 15) is 0 Å². The Bertz CT molecular complexity index is 686. The second-order valence-corrected chi connectivity index (χ2v) is 8.43. The molecule has 0 unspecified atom stereocenters. The molecule has 0 spiro atoms. The lowest BCUT2D eigenvalue weighted by Gasteiger charge is -2.30. The average molecular weight is 333 g/mol. The number of nitrogens with zero attached hydrogens (tertiary/aromatic N) is 1. The van der Waals surface area contributed by atoms with Gasteiger partial charge in [0.2, 0.25) is 0 Å². The van der Waals surface area contributed by atoms with Crippen LogP contribution >= 0.6 is 7.92 Å². The fourth-order valence-electron chi connectivity index (χ4n) is 2.99. The zero-order valence-electron chi connectivity index (χ0n) is 14.3. The van der Waals surface area contributed by atoms with Gasteiger partial charge in [0.05, 0.1) is 0 Å². The highest BCUT2D eigenvalue weighted by Crippen LogP contribution is 2.39. The first-order valence-electron chi connectivity index (χ1n) is 8.35. The first-order chi connectivity index (χ1) is 11.8. The van der Waals surface area contributed by atoms with Crippen LogP contribution in [-0.2, 0) is 0 Å². The lowest BCUT2D eigenvalue weighted by molar-refractivity contribution is 0.325. The Morgan fingerprint density at radius 1 is 0.667 bits per heavy atom. The van der Waals surface area contributed by atoms with Crippen LogP contribution in [0.3, 0.4) is 0 Å². The fraction of sp³-hybridized carbons (Fsp3) is 0.182. The summed E-state index contributed by atoms with van der Waals surface area (Å²) in [4.78, 5) is 2.34. The minimum atomic E-state index is -0.388. The predicted molar refractivity (Wildman–Crippen MR) is 107 cm³/mol. The van der Waals surface area contributed by atoms with Crippen molar-refractivity contribution in [3.05, 3.63) is 96.6 Å². The van der Waals surface area contributed by atoms with Crippen molar-refractivity contribution in [2.24, 2.45) is 0 Å². The largest absolute Gasteiger partial charge is 0.302 e. The number of rotatable bonds is 6. The molecule has 0 aliphatic carbocycles. The van der Waals surface area contributed by atoms with Gasteiger partial charge in [0.25, 0.3) is 0 Å². The lowest BCUT2D eigenvalue weighted by Crippen LogP contribution is -2.26. The highest BCUT2D eigenvalue weighted by Gasteiger charge is 2.22. The van der Waals surface area contributed by atoms with Crippen LogP contribution in [0, 0.1) is 0 Å². The Labute approximate surface area is 146 Å². The molecule has 0 aliphatic rings. The molecule has 122 valence electrons. The monoisotopic (exact) mass is 333 g/mol. The second kappa shape index (κ2) is 8.24. The molecule has 0 radical (unpaired) electrons. The van der Waals surface area contributed by atoms with Crippen LogP contribution in [0.2, 0.25) is 0 Å². The third-order valence-corrected chi connectivity index (χ3v) is 6.85. The van der Waals surface area contributed by atoms with E-state index in [1.54, 1.807) is 0 Å². The molecule has 3 rings (SSSR count). The van der Waals surface area contributed by atoms with E-state index in [0.29, 0.717) is 6.04 Å². The zero-order valence-corrected chi connectivity index (χ0v) is 15.2. The number of hydrogen-bond donors (Lipinski definition) is 0. The molecule has 0 bridgehead atoms. The van der Waals surface area contributed by atoms with Gasteiger partial charge in [-0.2, -0.15) is 0 Å². The summed E-state index contributed by atoms with van der Waals surface area (Å²) < 4.78 is 0. The normalized spacial score (nSPS) is 12.5. The average Bonchev–Trinajstić information content (AvgIpc) is 2.64. The predicted octanol–water partition coefficient (Wildman–Crippen LogP) is 4.42. The van der Waals surface area contributed by atoms with Crippen LogP contribution in [0.5, 0.6) is 0 Å². The molecule has 0 N–H and O–H groups in total. The molecule has 1 atom stereocenters. The van der Waals surface area contributed by atoms with Gasteiger partial charge in [-0.1, -0.05) is 91.0 Å². The molecule has 2 heteroatoms. The van der Waals surface area contributed by atoms with Gasteiger partial charge in [0.15, 0.2) is 0 Å². The van der Waals surface area contributed by atoms with Gasteiger partial charge in [-0.25, -0.2) is 0 Å². The number of benzene rings is 3. The summed E-state index contributed by atoms with van der Waals surface area (Å²) in [6.07, 6.45) is 1.13. The summed E-state index contributed by atoms with van der Waals surface area (Å²) in [5.41, 5.74) is 1.39. The summed E-state index contributed by atoms with van der Waals surface area (Å²) in [5, 5.41) is 2.89.